The molecule has 2 atom stereocenters. The van der Waals surface area contributed by atoms with Crippen molar-refractivity contribution in [1.29, 1.82) is 0 Å². The van der Waals surface area contributed by atoms with Crippen LogP contribution in [0.1, 0.15) is 27.2 Å². The van der Waals surface area contributed by atoms with E-state index in [4.69, 9.17) is 15.3 Å². The van der Waals surface area contributed by atoms with Crippen LogP contribution >= 0.6 is 0 Å². The van der Waals surface area contributed by atoms with Crippen LogP contribution in [0.5, 0.6) is 0 Å². The standard InChI is InChI=1S/C10H20N2O5/c1-5-16-8(14)10(3,6-7(2)13)17-9(15)12(4)11/h7,13H,5-6,11H2,1-4H3. The zero-order valence-electron chi connectivity index (χ0n) is 10.6. The zero-order chi connectivity index (χ0) is 13.6. The average Bonchev–Trinajstić information content (AvgIpc) is 2.16. The number of carbonyl (C=O) groups is 2. The van der Waals surface area contributed by atoms with Gasteiger partial charge in [-0.15, -0.1) is 0 Å². The van der Waals surface area contributed by atoms with Crippen molar-refractivity contribution in [3.63, 3.8) is 0 Å². The van der Waals surface area contributed by atoms with Crippen LogP contribution in [0.2, 0.25) is 0 Å². The summed E-state index contributed by atoms with van der Waals surface area (Å²) in [4.78, 5) is 23.0. The van der Waals surface area contributed by atoms with Crippen LogP contribution in [-0.2, 0) is 14.3 Å². The predicted molar refractivity (Wildman–Crippen MR) is 59.8 cm³/mol. The molecule has 17 heavy (non-hydrogen) atoms. The number of hydrogen-bond acceptors (Lipinski definition) is 6. The van der Waals surface area contributed by atoms with E-state index in [0.29, 0.717) is 5.01 Å². The van der Waals surface area contributed by atoms with Crippen molar-refractivity contribution in [3.8, 4) is 0 Å². The van der Waals surface area contributed by atoms with E-state index in [1.54, 1.807) is 6.92 Å². The number of rotatable bonds is 5. The van der Waals surface area contributed by atoms with Gasteiger partial charge in [0.2, 0.25) is 5.60 Å². The van der Waals surface area contributed by atoms with E-state index in [9.17, 15) is 14.7 Å². The van der Waals surface area contributed by atoms with Gasteiger partial charge in [-0.25, -0.2) is 20.4 Å². The molecule has 2 unspecified atom stereocenters. The van der Waals surface area contributed by atoms with Gasteiger partial charge in [0.1, 0.15) is 0 Å². The molecule has 0 spiro atoms. The number of carbonyl (C=O) groups excluding carboxylic acids is 2. The van der Waals surface area contributed by atoms with Crippen LogP contribution in [0, 0.1) is 0 Å². The molecule has 0 heterocycles. The highest BCUT2D eigenvalue weighted by Crippen LogP contribution is 2.21. The minimum Gasteiger partial charge on any atom is -0.463 e. The van der Waals surface area contributed by atoms with Crippen molar-refractivity contribution in [2.45, 2.75) is 38.9 Å². The van der Waals surface area contributed by atoms with Gasteiger partial charge in [-0.1, -0.05) is 0 Å². The Kier molecular flexibility index (Phi) is 5.90. The molecule has 0 aromatic heterocycles. The van der Waals surface area contributed by atoms with Crippen molar-refractivity contribution in [2.24, 2.45) is 5.84 Å². The third-order valence-electron chi connectivity index (χ3n) is 1.99. The quantitative estimate of drug-likeness (QED) is 0.308. The molecule has 0 aliphatic carbocycles. The maximum Gasteiger partial charge on any atom is 0.424 e. The molecule has 0 rings (SSSR count). The maximum atomic E-state index is 11.7. The van der Waals surface area contributed by atoms with Crippen LogP contribution < -0.4 is 5.84 Å². The summed E-state index contributed by atoms with van der Waals surface area (Å²) in [6.45, 7) is 4.65. The Labute approximate surface area is 100 Å². The highest BCUT2D eigenvalue weighted by molar-refractivity contribution is 5.82. The maximum absolute atomic E-state index is 11.7. The lowest BCUT2D eigenvalue weighted by atomic mass is 9.99. The van der Waals surface area contributed by atoms with Crippen LogP contribution in [0.4, 0.5) is 4.79 Å². The minimum absolute atomic E-state index is 0.0641. The first-order valence-electron chi connectivity index (χ1n) is 5.29. The van der Waals surface area contributed by atoms with Crippen LogP contribution in [0.3, 0.4) is 0 Å². The van der Waals surface area contributed by atoms with E-state index in [-0.39, 0.29) is 13.0 Å². The molecule has 0 aromatic rings. The summed E-state index contributed by atoms with van der Waals surface area (Å²) in [5, 5.41) is 10.0. The third-order valence-corrected chi connectivity index (χ3v) is 1.99. The summed E-state index contributed by atoms with van der Waals surface area (Å²) >= 11 is 0. The highest BCUT2D eigenvalue weighted by Gasteiger charge is 2.40. The van der Waals surface area contributed by atoms with E-state index in [1.807, 2.05) is 0 Å². The van der Waals surface area contributed by atoms with Gasteiger partial charge < -0.3 is 14.6 Å². The number of amides is 1. The van der Waals surface area contributed by atoms with Gasteiger partial charge in [-0.3, -0.25) is 0 Å². The van der Waals surface area contributed by atoms with E-state index in [2.05, 4.69) is 0 Å². The average molecular weight is 248 g/mol. The summed E-state index contributed by atoms with van der Waals surface area (Å²) in [6.07, 6.45) is -1.76. The second kappa shape index (κ2) is 6.41. The fraction of sp³-hybridized carbons (Fsp3) is 0.800. The number of ether oxygens (including phenoxy) is 2. The molecule has 3 N–H and O–H groups in total. The SMILES string of the molecule is CCOC(=O)C(C)(CC(C)O)OC(=O)N(C)N. The summed E-state index contributed by atoms with van der Waals surface area (Å²) in [5.74, 6) is 4.48. The largest absolute Gasteiger partial charge is 0.463 e. The Balaban J connectivity index is 4.83. The lowest BCUT2D eigenvalue weighted by Gasteiger charge is -2.29. The molecule has 0 radical (unpaired) electrons. The fourth-order valence-electron chi connectivity index (χ4n) is 1.28. The summed E-state index contributed by atoms with van der Waals surface area (Å²) < 4.78 is 9.75. The van der Waals surface area contributed by atoms with E-state index < -0.39 is 23.8 Å². The molecule has 7 heteroatoms. The van der Waals surface area contributed by atoms with Gasteiger partial charge in [0, 0.05) is 13.5 Å². The van der Waals surface area contributed by atoms with E-state index >= 15 is 0 Å². The Bertz CT molecular complexity index is 280. The minimum atomic E-state index is -1.55. The lowest BCUT2D eigenvalue weighted by Crippen LogP contribution is -2.48. The summed E-state index contributed by atoms with van der Waals surface area (Å²) in [5.41, 5.74) is -1.55. The van der Waals surface area contributed by atoms with Gasteiger partial charge in [0.15, 0.2) is 0 Å². The number of aliphatic hydroxyl groups is 1. The molecule has 0 aliphatic heterocycles. The molecule has 0 aromatic carbocycles. The Morgan fingerprint density at radius 2 is 2.06 bits per heavy atom. The Morgan fingerprint density at radius 1 is 1.53 bits per heavy atom. The van der Waals surface area contributed by atoms with Crippen LogP contribution in [0.25, 0.3) is 0 Å². The van der Waals surface area contributed by atoms with Crippen LogP contribution in [0.15, 0.2) is 0 Å². The number of hydrazine groups is 1. The number of nitrogens with zero attached hydrogens (tertiary/aromatic N) is 1. The summed E-state index contributed by atoms with van der Waals surface area (Å²) in [6, 6.07) is 0. The first-order chi connectivity index (χ1) is 7.73. The number of esters is 1. The molecule has 0 saturated heterocycles. The zero-order valence-corrected chi connectivity index (χ0v) is 10.6. The number of hydrogen-bond donors (Lipinski definition) is 2. The molecule has 100 valence electrons. The molecule has 0 fully saturated rings. The van der Waals surface area contributed by atoms with Crippen molar-refractivity contribution < 1.29 is 24.2 Å². The van der Waals surface area contributed by atoms with Gasteiger partial charge in [0.25, 0.3) is 0 Å². The predicted octanol–water partition coefficient (Wildman–Crippen LogP) is 0.0212. The highest BCUT2D eigenvalue weighted by atomic mass is 16.6. The topological polar surface area (TPSA) is 102 Å². The van der Waals surface area contributed by atoms with E-state index in [1.165, 1.54) is 20.9 Å². The Morgan fingerprint density at radius 3 is 2.41 bits per heavy atom. The molecular formula is C10H20N2O5. The third kappa shape index (κ3) is 5.01. The monoisotopic (exact) mass is 248 g/mol. The molecule has 0 saturated carbocycles. The normalized spacial score (nSPS) is 15.6. The van der Waals surface area contributed by atoms with E-state index in [0.717, 1.165) is 0 Å². The smallest absolute Gasteiger partial charge is 0.424 e. The Hall–Kier alpha value is -1.34. The lowest BCUT2D eigenvalue weighted by molar-refractivity contribution is -0.167. The van der Waals surface area contributed by atoms with Gasteiger partial charge >= 0.3 is 12.1 Å². The second-order valence-electron chi connectivity index (χ2n) is 3.98. The van der Waals surface area contributed by atoms with Gasteiger partial charge in [0.05, 0.1) is 12.7 Å². The molecule has 0 aliphatic rings. The van der Waals surface area contributed by atoms with Crippen molar-refractivity contribution in [3.05, 3.63) is 0 Å². The van der Waals surface area contributed by atoms with Crippen molar-refractivity contribution >= 4 is 12.1 Å². The molecular weight excluding hydrogens is 228 g/mol. The van der Waals surface area contributed by atoms with Gasteiger partial charge in [-0.05, 0) is 20.8 Å². The second-order valence-corrected chi connectivity index (χ2v) is 3.98. The molecule has 0 bridgehead atoms. The summed E-state index contributed by atoms with van der Waals surface area (Å²) in [7, 11) is 1.29. The first-order valence-corrected chi connectivity index (χ1v) is 5.29. The van der Waals surface area contributed by atoms with Crippen molar-refractivity contribution in [1.82, 2.24) is 5.01 Å². The van der Waals surface area contributed by atoms with Gasteiger partial charge in [-0.2, -0.15) is 0 Å². The first kappa shape index (κ1) is 15.7. The number of aliphatic hydroxyl groups excluding tert-OH is 1. The van der Waals surface area contributed by atoms with Crippen molar-refractivity contribution in [2.75, 3.05) is 13.7 Å². The fourth-order valence-corrected chi connectivity index (χ4v) is 1.28. The van der Waals surface area contributed by atoms with Crippen LogP contribution in [-0.4, -0.2) is 47.5 Å². The number of nitrogens with two attached hydrogens (primary N) is 1. The molecule has 7 nitrogen and oxygen atoms in total. The molecule has 1 amide bonds.